The fraction of sp³-hybridized carbons (Fsp3) is 0.500. The molecule has 0 aliphatic rings. The second-order valence-electron chi connectivity index (χ2n) is 3.32. The summed E-state index contributed by atoms with van der Waals surface area (Å²) in [5.74, 6) is 0. The number of rotatable bonds is 5. The van der Waals surface area contributed by atoms with E-state index in [-0.39, 0.29) is 0 Å². The Hall–Kier alpha value is -0.270. The number of nitrogens with one attached hydrogen (secondary N) is 1. The Morgan fingerprint density at radius 3 is 2.24 bits per heavy atom. The number of anilines is 1. The molecule has 0 atom stereocenters. The van der Waals surface area contributed by atoms with E-state index in [0.717, 1.165) is 4.88 Å². The Labute approximate surface area is 101 Å². The van der Waals surface area contributed by atoms with Crippen LogP contribution >= 0.6 is 26.5 Å². The van der Waals surface area contributed by atoms with Crippen molar-refractivity contribution < 1.29 is 28.7 Å². The Morgan fingerprint density at radius 2 is 1.88 bits per heavy atom. The van der Waals surface area contributed by atoms with E-state index in [1.165, 1.54) is 17.5 Å². The van der Waals surface area contributed by atoms with E-state index in [1.807, 2.05) is 0 Å². The van der Waals surface area contributed by atoms with Crippen LogP contribution in [0.4, 0.5) is 5.13 Å². The number of hydrogen-bond acceptors (Lipinski definition) is 5. The van der Waals surface area contributed by atoms with Crippen LogP contribution in [-0.2, 0) is 9.13 Å². The third kappa shape index (κ3) is 4.48. The highest BCUT2D eigenvalue weighted by Gasteiger charge is 2.43. The van der Waals surface area contributed by atoms with Crippen LogP contribution in [0.3, 0.4) is 0 Å². The monoisotopic (exact) mass is 302 g/mol. The van der Waals surface area contributed by atoms with Crippen molar-refractivity contribution >= 4 is 31.7 Å². The van der Waals surface area contributed by atoms with Crippen LogP contribution in [-0.4, -0.2) is 36.5 Å². The van der Waals surface area contributed by atoms with E-state index >= 15 is 0 Å². The first-order valence-electron chi connectivity index (χ1n) is 4.37. The van der Waals surface area contributed by atoms with Crippen LogP contribution in [0.15, 0.2) is 6.20 Å². The SMILES string of the molecule is Cc1cnc(NCC(P(=O)(O)O)P(=O)(O)O)s1. The molecule has 0 unspecified atom stereocenters. The van der Waals surface area contributed by atoms with Gasteiger partial charge in [-0.3, -0.25) is 9.13 Å². The van der Waals surface area contributed by atoms with E-state index in [9.17, 15) is 9.13 Å². The van der Waals surface area contributed by atoms with Crippen LogP contribution in [0, 0.1) is 6.92 Å². The van der Waals surface area contributed by atoms with Crippen molar-refractivity contribution in [2.24, 2.45) is 0 Å². The van der Waals surface area contributed by atoms with E-state index in [1.54, 1.807) is 6.92 Å². The lowest BCUT2D eigenvalue weighted by Gasteiger charge is -2.19. The first-order chi connectivity index (χ1) is 7.60. The molecule has 1 rings (SSSR count). The molecule has 0 amide bonds. The molecule has 0 spiro atoms. The highest BCUT2D eigenvalue weighted by molar-refractivity contribution is 7.70. The fourth-order valence-electron chi connectivity index (χ4n) is 1.05. The number of thiazole rings is 1. The zero-order chi connectivity index (χ0) is 13.3. The standard InChI is InChI=1S/C6H12N2O6P2S/c1-4-2-7-6(17-4)8-3-5(15(9,10)11)16(12,13)14/h2,5H,3H2,1H3,(H,7,8)(H2,9,10,11)(H2,12,13,14). The summed E-state index contributed by atoms with van der Waals surface area (Å²) in [7, 11) is -9.75. The average Bonchev–Trinajstić information content (AvgIpc) is 2.46. The molecule has 1 heterocycles. The van der Waals surface area contributed by atoms with E-state index in [4.69, 9.17) is 19.6 Å². The summed E-state index contributed by atoms with van der Waals surface area (Å²) in [5.41, 5.74) is 0. The normalized spacial score (nSPS) is 13.1. The van der Waals surface area contributed by atoms with Crippen molar-refractivity contribution in [3.8, 4) is 0 Å². The summed E-state index contributed by atoms with van der Waals surface area (Å²) in [6, 6.07) is 0. The molecular weight excluding hydrogens is 290 g/mol. The van der Waals surface area contributed by atoms with Gasteiger partial charge >= 0.3 is 15.2 Å². The predicted octanol–water partition coefficient (Wildman–Crippen LogP) is 0.545. The number of aryl methyl sites for hydroxylation is 1. The number of aromatic nitrogens is 1. The molecule has 1 aromatic heterocycles. The van der Waals surface area contributed by atoms with Crippen molar-refractivity contribution in [3.05, 3.63) is 11.1 Å². The molecule has 1 aromatic rings. The smallest absolute Gasteiger partial charge is 0.342 e. The molecule has 0 saturated heterocycles. The van der Waals surface area contributed by atoms with Gasteiger partial charge in [-0.2, -0.15) is 0 Å². The van der Waals surface area contributed by atoms with Gasteiger partial charge in [0, 0.05) is 17.6 Å². The maximum Gasteiger partial charge on any atom is 0.342 e. The Balaban J connectivity index is 2.76. The van der Waals surface area contributed by atoms with Crippen LogP contribution in [0.5, 0.6) is 0 Å². The Morgan fingerprint density at radius 1 is 1.35 bits per heavy atom. The Bertz CT molecular complexity index is 457. The van der Waals surface area contributed by atoms with Crippen molar-refractivity contribution in [1.82, 2.24) is 4.98 Å². The van der Waals surface area contributed by atoms with Crippen LogP contribution in [0.1, 0.15) is 4.88 Å². The molecular formula is C6H12N2O6P2S. The van der Waals surface area contributed by atoms with Crippen molar-refractivity contribution in [2.75, 3.05) is 11.9 Å². The fourth-order valence-corrected chi connectivity index (χ4v) is 3.95. The summed E-state index contributed by atoms with van der Waals surface area (Å²) in [6.07, 6.45) is 1.54. The summed E-state index contributed by atoms with van der Waals surface area (Å²) < 4.78 is 21.9. The summed E-state index contributed by atoms with van der Waals surface area (Å²) in [5, 5.41) is 0.801. The number of nitrogens with zero attached hydrogens (tertiary/aromatic N) is 1. The predicted molar refractivity (Wildman–Crippen MR) is 63.2 cm³/mol. The van der Waals surface area contributed by atoms with Gasteiger partial charge in [0.1, 0.15) is 0 Å². The molecule has 5 N–H and O–H groups in total. The molecule has 0 aliphatic heterocycles. The molecule has 0 aromatic carbocycles. The lowest BCUT2D eigenvalue weighted by molar-refractivity contribution is 0.340. The molecule has 11 heteroatoms. The van der Waals surface area contributed by atoms with E-state index in [0.29, 0.717) is 5.13 Å². The maximum atomic E-state index is 10.9. The van der Waals surface area contributed by atoms with Crippen LogP contribution < -0.4 is 5.32 Å². The van der Waals surface area contributed by atoms with Crippen LogP contribution in [0.25, 0.3) is 0 Å². The largest absolute Gasteiger partial charge is 0.360 e. The molecule has 8 nitrogen and oxygen atoms in total. The van der Waals surface area contributed by atoms with Crippen molar-refractivity contribution in [1.29, 1.82) is 0 Å². The van der Waals surface area contributed by atoms with Gasteiger partial charge < -0.3 is 24.9 Å². The van der Waals surface area contributed by atoms with Gasteiger partial charge in [-0.1, -0.05) is 0 Å². The van der Waals surface area contributed by atoms with E-state index in [2.05, 4.69) is 10.3 Å². The molecule has 17 heavy (non-hydrogen) atoms. The van der Waals surface area contributed by atoms with Gasteiger partial charge in [0.15, 0.2) is 10.5 Å². The van der Waals surface area contributed by atoms with Gasteiger partial charge in [0.25, 0.3) is 0 Å². The summed E-state index contributed by atoms with van der Waals surface area (Å²) in [6.45, 7) is 1.24. The minimum absolute atomic E-state index is 0.356. The maximum absolute atomic E-state index is 10.9. The van der Waals surface area contributed by atoms with Crippen molar-refractivity contribution in [2.45, 2.75) is 12.3 Å². The van der Waals surface area contributed by atoms with E-state index < -0.39 is 27.1 Å². The zero-order valence-corrected chi connectivity index (χ0v) is 11.3. The minimum Gasteiger partial charge on any atom is -0.360 e. The minimum atomic E-state index is -4.88. The highest BCUT2D eigenvalue weighted by Crippen LogP contribution is 2.59. The van der Waals surface area contributed by atoms with Crippen LogP contribution in [0.2, 0.25) is 0 Å². The lowest BCUT2D eigenvalue weighted by atomic mass is 10.6. The molecule has 0 fully saturated rings. The van der Waals surface area contributed by atoms with Gasteiger partial charge in [-0.15, -0.1) is 11.3 Å². The topological polar surface area (TPSA) is 140 Å². The Kier molecular flexibility index (Phi) is 4.49. The molecule has 98 valence electrons. The molecule has 0 bridgehead atoms. The zero-order valence-electron chi connectivity index (χ0n) is 8.72. The molecule has 0 saturated carbocycles. The van der Waals surface area contributed by atoms with Gasteiger partial charge in [0.05, 0.1) is 0 Å². The highest BCUT2D eigenvalue weighted by atomic mass is 32.1. The van der Waals surface area contributed by atoms with Gasteiger partial charge in [-0.05, 0) is 6.92 Å². The third-order valence-corrected chi connectivity index (χ3v) is 6.43. The third-order valence-electron chi connectivity index (χ3n) is 1.83. The molecule has 0 radical (unpaired) electrons. The average molecular weight is 302 g/mol. The van der Waals surface area contributed by atoms with Gasteiger partial charge in [0.2, 0.25) is 0 Å². The molecule has 0 aliphatic carbocycles. The first-order valence-corrected chi connectivity index (χ1v) is 8.55. The summed E-state index contributed by atoms with van der Waals surface area (Å²) >= 11 is 1.22. The second-order valence-corrected chi connectivity index (χ2v) is 8.56. The summed E-state index contributed by atoms with van der Waals surface area (Å²) in [4.78, 5) is 40.2. The van der Waals surface area contributed by atoms with Crippen molar-refractivity contribution in [3.63, 3.8) is 0 Å². The quantitative estimate of drug-likeness (QED) is 0.496. The first kappa shape index (κ1) is 14.8. The lowest BCUT2D eigenvalue weighted by Crippen LogP contribution is -2.20. The number of hydrogen-bond donors (Lipinski definition) is 5. The second kappa shape index (κ2) is 5.16. The van der Waals surface area contributed by atoms with Gasteiger partial charge in [-0.25, -0.2) is 4.98 Å².